The Balaban J connectivity index is 0.00000154. The summed E-state index contributed by atoms with van der Waals surface area (Å²) in [7, 11) is 8.00. The quantitative estimate of drug-likeness (QED) is 0.266. The van der Waals surface area contributed by atoms with Crippen LogP contribution in [0.2, 0.25) is 0 Å². The number of rotatable bonds is 5. The number of esters is 1. The summed E-state index contributed by atoms with van der Waals surface area (Å²) in [4.78, 5) is 14.3. The van der Waals surface area contributed by atoms with Crippen LogP contribution in [-0.2, 0) is 16.1 Å². The van der Waals surface area contributed by atoms with Crippen molar-refractivity contribution in [2.75, 3.05) is 0 Å². The monoisotopic (exact) mass is 255 g/mol. The zero-order valence-corrected chi connectivity index (χ0v) is 11.1. The molecule has 0 unspecified atom stereocenters. The summed E-state index contributed by atoms with van der Waals surface area (Å²) in [5, 5.41) is 3.44. The molecule has 0 N–H and O–H groups in total. The van der Waals surface area contributed by atoms with Crippen LogP contribution in [-0.4, -0.2) is 27.5 Å². The van der Waals surface area contributed by atoms with Gasteiger partial charge in [0.2, 0.25) is 0 Å². The topological polar surface area (TPSA) is 75.1 Å². The largest absolute Gasteiger partial charge is 0.460 e. The normalized spacial score (nSPS) is 10.7. The highest BCUT2D eigenvalue weighted by molar-refractivity contribution is 6.75. The average molecular weight is 255 g/mol. The highest BCUT2D eigenvalue weighted by atomic mass is 16.5. The fraction of sp³-hybridized carbons (Fsp3) is 0.417. The van der Waals surface area contributed by atoms with E-state index in [0.29, 0.717) is 0 Å². The standard InChI is InChI=1S/C12H15N3O2.B2/c1-9(2)11(14-15-13)12(16)17-8-10-6-4-3-5-7-10;1-2/h3-7,9,11H,8H2,1-2H3;/t11-;/m0./s1. The highest BCUT2D eigenvalue weighted by Gasteiger charge is 2.22. The van der Waals surface area contributed by atoms with Crippen LogP contribution < -0.4 is 0 Å². The third-order valence-electron chi connectivity index (χ3n) is 2.27. The molecule has 0 heterocycles. The minimum atomic E-state index is -0.760. The number of carbonyl (C=O) groups excluding carboxylic acids is 1. The molecule has 5 nitrogen and oxygen atoms in total. The number of nitrogens with zero attached hydrogens (tertiary/aromatic N) is 3. The summed E-state index contributed by atoms with van der Waals surface area (Å²) < 4.78 is 5.10. The van der Waals surface area contributed by atoms with E-state index in [1.807, 2.05) is 44.2 Å². The predicted octanol–water partition coefficient (Wildman–Crippen LogP) is 2.30. The fourth-order valence-corrected chi connectivity index (χ4v) is 1.32. The van der Waals surface area contributed by atoms with E-state index in [4.69, 9.17) is 10.3 Å². The molecule has 1 aromatic rings. The second-order valence-corrected chi connectivity index (χ2v) is 3.99. The van der Waals surface area contributed by atoms with Crippen molar-refractivity contribution in [1.82, 2.24) is 0 Å². The van der Waals surface area contributed by atoms with Gasteiger partial charge in [0.05, 0.1) is 0 Å². The summed E-state index contributed by atoms with van der Waals surface area (Å²) in [6.45, 7) is 3.82. The number of hydrogen-bond acceptors (Lipinski definition) is 3. The Kier molecular flexibility index (Phi) is 9.10. The van der Waals surface area contributed by atoms with Crippen LogP contribution in [0.4, 0.5) is 0 Å². The Labute approximate surface area is 115 Å². The maximum Gasteiger partial charge on any atom is 0.315 e. The molecule has 0 saturated heterocycles. The van der Waals surface area contributed by atoms with Gasteiger partial charge < -0.3 is 4.74 Å². The van der Waals surface area contributed by atoms with Gasteiger partial charge in [-0.05, 0) is 17.0 Å². The lowest BCUT2D eigenvalue weighted by Gasteiger charge is -2.13. The number of hydrogen-bond donors (Lipinski definition) is 0. The molecule has 1 rings (SSSR count). The number of azide groups is 1. The van der Waals surface area contributed by atoms with Gasteiger partial charge >= 0.3 is 5.97 Å². The molecule has 0 fully saturated rings. The lowest BCUT2D eigenvalue weighted by molar-refractivity contribution is -0.147. The van der Waals surface area contributed by atoms with Crippen molar-refractivity contribution >= 4 is 21.4 Å². The van der Waals surface area contributed by atoms with E-state index in [-0.39, 0.29) is 12.5 Å². The van der Waals surface area contributed by atoms with E-state index in [1.54, 1.807) is 0 Å². The van der Waals surface area contributed by atoms with Crippen LogP contribution in [0.5, 0.6) is 0 Å². The minimum Gasteiger partial charge on any atom is -0.460 e. The third-order valence-corrected chi connectivity index (χ3v) is 2.27. The van der Waals surface area contributed by atoms with E-state index in [1.165, 1.54) is 0 Å². The Bertz CT molecular complexity index is 420. The summed E-state index contributed by atoms with van der Waals surface area (Å²) in [6, 6.07) is 8.61. The second kappa shape index (κ2) is 10.1. The summed E-state index contributed by atoms with van der Waals surface area (Å²) >= 11 is 0. The lowest BCUT2D eigenvalue weighted by Crippen LogP contribution is -2.26. The van der Waals surface area contributed by atoms with Gasteiger partial charge in [-0.3, -0.25) is 4.79 Å². The van der Waals surface area contributed by atoms with E-state index in [0.717, 1.165) is 5.56 Å². The second-order valence-electron chi connectivity index (χ2n) is 3.99. The maximum atomic E-state index is 11.7. The van der Waals surface area contributed by atoms with E-state index in [2.05, 4.69) is 25.5 Å². The lowest BCUT2D eigenvalue weighted by atomic mass is 9.81. The van der Waals surface area contributed by atoms with Gasteiger partial charge in [0, 0.05) is 20.4 Å². The molecular weight excluding hydrogens is 240 g/mol. The smallest absolute Gasteiger partial charge is 0.315 e. The van der Waals surface area contributed by atoms with Crippen molar-refractivity contribution in [2.45, 2.75) is 26.5 Å². The zero-order valence-electron chi connectivity index (χ0n) is 11.1. The molecule has 1 aromatic carbocycles. The van der Waals surface area contributed by atoms with E-state index < -0.39 is 12.0 Å². The van der Waals surface area contributed by atoms with Crippen LogP contribution in [0.3, 0.4) is 0 Å². The van der Waals surface area contributed by atoms with Crippen LogP contribution in [0.15, 0.2) is 35.4 Å². The highest BCUT2D eigenvalue weighted by Crippen LogP contribution is 2.10. The molecule has 4 radical (unpaired) electrons. The average Bonchev–Trinajstić information content (AvgIpc) is 2.45. The summed E-state index contributed by atoms with van der Waals surface area (Å²) in [5.74, 6) is -0.559. The van der Waals surface area contributed by atoms with Crippen molar-refractivity contribution in [3.63, 3.8) is 0 Å². The molecule has 0 bridgehead atoms. The predicted molar refractivity (Wildman–Crippen MR) is 75.5 cm³/mol. The Morgan fingerprint density at radius 1 is 1.37 bits per heavy atom. The van der Waals surface area contributed by atoms with E-state index >= 15 is 0 Å². The van der Waals surface area contributed by atoms with Crippen LogP contribution in [0.1, 0.15) is 19.4 Å². The van der Waals surface area contributed by atoms with Crippen LogP contribution in [0, 0.1) is 5.92 Å². The molecular formula is C12H15B2N3O2. The minimum absolute atomic E-state index is 0.0748. The van der Waals surface area contributed by atoms with Gasteiger partial charge in [-0.1, -0.05) is 49.3 Å². The first-order valence-corrected chi connectivity index (χ1v) is 5.73. The molecule has 0 saturated carbocycles. The maximum absolute atomic E-state index is 11.7. The van der Waals surface area contributed by atoms with Crippen LogP contribution in [0.25, 0.3) is 10.4 Å². The first-order valence-electron chi connectivity index (χ1n) is 5.73. The molecule has 0 amide bonds. The molecule has 0 aromatic heterocycles. The van der Waals surface area contributed by atoms with Gasteiger partial charge in [-0.15, -0.1) is 0 Å². The van der Waals surface area contributed by atoms with Crippen molar-refractivity contribution in [3.05, 3.63) is 46.3 Å². The number of ether oxygens (including phenoxy) is 1. The first-order chi connectivity index (χ1) is 9.15. The van der Waals surface area contributed by atoms with Crippen molar-refractivity contribution in [3.8, 4) is 0 Å². The SMILES string of the molecule is CC(C)[C@H](N=[N+]=[N-])C(=O)OCc1ccccc1.[B][B]. The Hall–Kier alpha value is -1.87. The van der Waals surface area contributed by atoms with Gasteiger partial charge in [0.25, 0.3) is 0 Å². The van der Waals surface area contributed by atoms with Crippen molar-refractivity contribution in [2.24, 2.45) is 11.0 Å². The Morgan fingerprint density at radius 3 is 2.42 bits per heavy atom. The van der Waals surface area contributed by atoms with Crippen LogP contribution >= 0.6 is 0 Å². The van der Waals surface area contributed by atoms with Gasteiger partial charge in [-0.25, -0.2) is 0 Å². The van der Waals surface area contributed by atoms with Crippen molar-refractivity contribution < 1.29 is 9.53 Å². The molecule has 19 heavy (non-hydrogen) atoms. The van der Waals surface area contributed by atoms with E-state index in [9.17, 15) is 4.79 Å². The fourth-order valence-electron chi connectivity index (χ4n) is 1.32. The third kappa shape index (κ3) is 6.58. The first kappa shape index (κ1) is 17.1. The zero-order chi connectivity index (χ0) is 14.7. The van der Waals surface area contributed by atoms with Gasteiger partial charge in [0.1, 0.15) is 12.6 Å². The van der Waals surface area contributed by atoms with Crippen molar-refractivity contribution in [1.29, 1.82) is 0 Å². The summed E-state index contributed by atoms with van der Waals surface area (Å²) in [6.07, 6.45) is 0. The number of benzene rings is 1. The molecule has 7 heteroatoms. The molecule has 0 aliphatic carbocycles. The van der Waals surface area contributed by atoms with Gasteiger partial charge in [0.15, 0.2) is 0 Å². The molecule has 1 atom stereocenters. The molecule has 0 aliphatic rings. The molecule has 0 spiro atoms. The molecule has 0 aliphatic heterocycles. The summed E-state index contributed by atoms with van der Waals surface area (Å²) in [5.41, 5.74) is 9.28. The van der Waals surface area contributed by atoms with Gasteiger partial charge in [-0.2, -0.15) is 0 Å². The number of carbonyl (C=O) groups is 1. The molecule has 96 valence electrons. The Morgan fingerprint density at radius 2 is 1.95 bits per heavy atom.